The predicted molar refractivity (Wildman–Crippen MR) is 75.2 cm³/mol. The number of hydrogen-bond acceptors (Lipinski definition) is 5. The van der Waals surface area contributed by atoms with E-state index in [1.807, 2.05) is 6.07 Å². The maximum atomic E-state index is 11.9. The Morgan fingerprint density at radius 2 is 1.67 bits per heavy atom. The van der Waals surface area contributed by atoms with Crippen LogP contribution in [-0.2, 0) is 0 Å². The van der Waals surface area contributed by atoms with Gasteiger partial charge in [0.1, 0.15) is 17.5 Å². The predicted octanol–water partition coefficient (Wildman–Crippen LogP) is 1.60. The van der Waals surface area contributed by atoms with Crippen LogP contribution in [0.4, 0.5) is 0 Å². The summed E-state index contributed by atoms with van der Waals surface area (Å²) in [5, 5.41) is 28.4. The monoisotopic (exact) mass is 283 g/mol. The van der Waals surface area contributed by atoms with Gasteiger partial charge in [-0.05, 0) is 18.2 Å². The zero-order chi connectivity index (χ0) is 15.2. The number of amides is 1. The van der Waals surface area contributed by atoms with Gasteiger partial charge in [0, 0.05) is 5.56 Å². The van der Waals surface area contributed by atoms with E-state index in [0.717, 1.165) is 0 Å². The molecular formula is C15H13N3O3. The van der Waals surface area contributed by atoms with Gasteiger partial charge in [-0.25, -0.2) is 5.43 Å². The number of nitrogens with one attached hydrogen (secondary N) is 2. The van der Waals surface area contributed by atoms with Crippen molar-refractivity contribution >= 4 is 5.91 Å². The van der Waals surface area contributed by atoms with E-state index < -0.39 is 11.9 Å². The molecule has 1 atom stereocenters. The molecule has 0 aromatic heterocycles. The first-order valence-electron chi connectivity index (χ1n) is 6.15. The van der Waals surface area contributed by atoms with Gasteiger partial charge in [-0.3, -0.25) is 10.2 Å². The Labute approximate surface area is 121 Å². The van der Waals surface area contributed by atoms with E-state index in [2.05, 4.69) is 10.9 Å². The molecule has 0 unspecified atom stereocenters. The molecular weight excluding hydrogens is 270 g/mol. The van der Waals surface area contributed by atoms with Crippen molar-refractivity contribution in [3.8, 4) is 17.6 Å². The highest BCUT2D eigenvalue weighted by Gasteiger charge is 2.16. The number of hydrogen-bond donors (Lipinski definition) is 4. The van der Waals surface area contributed by atoms with Crippen LogP contribution in [0.1, 0.15) is 22.0 Å². The quantitative estimate of drug-likeness (QED) is 0.638. The van der Waals surface area contributed by atoms with Gasteiger partial charge < -0.3 is 10.2 Å². The first-order valence-corrected chi connectivity index (χ1v) is 6.15. The number of phenolic OH excluding ortho intramolecular Hbond substituents is 2. The summed E-state index contributed by atoms with van der Waals surface area (Å²) in [5.74, 6) is -0.787. The van der Waals surface area contributed by atoms with Crippen LogP contribution < -0.4 is 10.9 Å². The first kappa shape index (κ1) is 14.4. The van der Waals surface area contributed by atoms with Crippen molar-refractivity contribution in [2.24, 2.45) is 0 Å². The molecule has 6 heteroatoms. The van der Waals surface area contributed by atoms with Crippen LogP contribution in [0.15, 0.2) is 48.5 Å². The van der Waals surface area contributed by atoms with Crippen LogP contribution >= 0.6 is 0 Å². The van der Waals surface area contributed by atoms with Gasteiger partial charge in [0.15, 0.2) is 0 Å². The molecule has 0 saturated carbocycles. The highest BCUT2D eigenvalue weighted by Crippen LogP contribution is 2.22. The van der Waals surface area contributed by atoms with Gasteiger partial charge in [-0.1, -0.05) is 30.3 Å². The highest BCUT2D eigenvalue weighted by atomic mass is 16.3. The van der Waals surface area contributed by atoms with Gasteiger partial charge in [0.25, 0.3) is 5.91 Å². The molecule has 0 aliphatic heterocycles. The molecule has 0 aliphatic rings. The van der Waals surface area contributed by atoms with Crippen LogP contribution in [0.25, 0.3) is 0 Å². The lowest BCUT2D eigenvalue weighted by molar-refractivity contribution is 0.0926. The summed E-state index contributed by atoms with van der Waals surface area (Å²) < 4.78 is 0. The average molecular weight is 283 g/mol. The van der Waals surface area contributed by atoms with Crippen molar-refractivity contribution in [2.75, 3.05) is 0 Å². The lowest BCUT2D eigenvalue weighted by atomic mass is 10.1. The Hall–Kier alpha value is -3.04. The molecule has 0 fully saturated rings. The number of nitriles is 1. The molecule has 106 valence electrons. The van der Waals surface area contributed by atoms with Crippen LogP contribution in [0.2, 0.25) is 0 Å². The summed E-state index contributed by atoms with van der Waals surface area (Å²) in [7, 11) is 0. The van der Waals surface area contributed by atoms with E-state index >= 15 is 0 Å². The van der Waals surface area contributed by atoms with E-state index in [9.17, 15) is 15.0 Å². The number of rotatable bonds is 4. The lowest BCUT2D eigenvalue weighted by Gasteiger charge is -2.14. The second kappa shape index (κ2) is 6.41. The largest absolute Gasteiger partial charge is 0.508 e. The van der Waals surface area contributed by atoms with E-state index in [-0.39, 0.29) is 17.1 Å². The molecule has 2 aromatic carbocycles. The molecule has 1 amide bonds. The third-order valence-corrected chi connectivity index (χ3v) is 2.86. The molecule has 21 heavy (non-hydrogen) atoms. The van der Waals surface area contributed by atoms with E-state index in [1.165, 1.54) is 18.2 Å². The molecule has 0 bridgehead atoms. The fraction of sp³-hybridized carbons (Fsp3) is 0.0667. The minimum Gasteiger partial charge on any atom is -0.508 e. The minimum atomic E-state index is -0.916. The molecule has 0 heterocycles. The molecule has 6 nitrogen and oxygen atoms in total. The third-order valence-electron chi connectivity index (χ3n) is 2.86. The van der Waals surface area contributed by atoms with Crippen molar-refractivity contribution in [3.63, 3.8) is 0 Å². The zero-order valence-corrected chi connectivity index (χ0v) is 10.9. The van der Waals surface area contributed by atoms with Gasteiger partial charge >= 0.3 is 0 Å². The Morgan fingerprint density at radius 3 is 2.29 bits per heavy atom. The molecule has 0 aliphatic carbocycles. The van der Waals surface area contributed by atoms with Crippen LogP contribution in [-0.4, -0.2) is 16.1 Å². The second-order valence-electron chi connectivity index (χ2n) is 4.24. The Bertz CT molecular complexity index is 695. The van der Waals surface area contributed by atoms with Gasteiger partial charge in [-0.2, -0.15) is 5.26 Å². The maximum Gasteiger partial charge on any atom is 0.269 e. The smallest absolute Gasteiger partial charge is 0.269 e. The van der Waals surface area contributed by atoms with Crippen molar-refractivity contribution in [1.29, 1.82) is 5.26 Å². The van der Waals surface area contributed by atoms with E-state index in [1.54, 1.807) is 30.3 Å². The van der Waals surface area contributed by atoms with Crippen molar-refractivity contribution in [1.82, 2.24) is 10.9 Å². The first-order chi connectivity index (χ1) is 10.1. The molecule has 0 saturated heterocycles. The average Bonchev–Trinajstić information content (AvgIpc) is 2.49. The minimum absolute atomic E-state index is 0.0478. The second-order valence-corrected chi connectivity index (χ2v) is 4.24. The van der Waals surface area contributed by atoms with Crippen molar-refractivity contribution in [2.45, 2.75) is 6.04 Å². The topological polar surface area (TPSA) is 105 Å². The zero-order valence-electron chi connectivity index (χ0n) is 10.9. The lowest BCUT2D eigenvalue weighted by Crippen LogP contribution is -2.39. The Balaban J connectivity index is 2.08. The van der Waals surface area contributed by atoms with Crippen molar-refractivity contribution < 1.29 is 15.0 Å². The number of carbonyl (C=O) groups excluding carboxylic acids is 1. The standard InChI is InChI=1S/C15H13N3O3/c16-9-12(10-5-1-3-7-13(10)19)17-18-15(21)11-6-2-4-8-14(11)20/h1-8,12,17,19-20H,(H,18,21)/t12-/m1/s1. The highest BCUT2D eigenvalue weighted by molar-refractivity contribution is 5.96. The summed E-state index contributed by atoms with van der Waals surface area (Å²) in [6.45, 7) is 0. The van der Waals surface area contributed by atoms with Crippen molar-refractivity contribution in [3.05, 3.63) is 59.7 Å². The summed E-state index contributed by atoms with van der Waals surface area (Å²) in [5.41, 5.74) is 5.28. The normalized spacial score (nSPS) is 11.4. The molecule has 0 spiro atoms. The molecule has 2 aromatic rings. The van der Waals surface area contributed by atoms with E-state index in [4.69, 9.17) is 5.26 Å². The maximum absolute atomic E-state index is 11.9. The van der Waals surface area contributed by atoms with E-state index in [0.29, 0.717) is 5.56 Å². The number of benzene rings is 2. The summed E-state index contributed by atoms with van der Waals surface area (Å²) in [6.07, 6.45) is 0. The SMILES string of the molecule is N#C[C@@H](NNC(=O)c1ccccc1O)c1ccccc1O. The van der Waals surface area contributed by atoms with Gasteiger partial charge in [0.2, 0.25) is 0 Å². The number of para-hydroxylation sites is 2. The molecule has 4 N–H and O–H groups in total. The van der Waals surface area contributed by atoms with Crippen LogP contribution in [0.5, 0.6) is 11.5 Å². The number of hydrazine groups is 1. The molecule has 0 radical (unpaired) electrons. The summed E-state index contributed by atoms with van der Waals surface area (Å²) in [6, 6.07) is 13.4. The Kier molecular flexibility index (Phi) is 4.39. The number of phenols is 2. The Morgan fingerprint density at radius 1 is 1.05 bits per heavy atom. The fourth-order valence-corrected chi connectivity index (χ4v) is 1.78. The number of carbonyl (C=O) groups is 1. The molecule has 2 rings (SSSR count). The number of nitrogens with zero attached hydrogens (tertiary/aromatic N) is 1. The fourth-order valence-electron chi connectivity index (χ4n) is 1.78. The summed E-state index contributed by atoms with van der Waals surface area (Å²) in [4.78, 5) is 11.9. The van der Waals surface area contributed by atoms with Crippen LogP contribution in [0, 0.1) is 11.3 Å². The van der Waals surface area contributed by atoms with Crippen LogP contribution in [0.3, 0.4) is 0 Å². The number of aromatic hydroxyl groups is 2. The summed E-state index contributed by atoms with van der Waals surface area (Å²) >= 11 is 0. The van der Waals surface area contributed by atoms with Gasteiger partial charge in [0.05, 0.1) is 11.6 Å². The third kappa shape index (κ3) is 3.29. The van der Waals surface area contributed by atoms with Gasteiger partial charge in [-0.15, -0.1) is 0 Å².